The normalized spacial score (nSPS) is 11.1. The number of unbranched alkanes of at least 4 members (excludes halogenated alkanes) is 4. The van der Waals surface area contributed by atoms with E-state index in [0.29, 0.717) is 13.1 Å². The van der Waals surface area contributed by atoms with E-state index in [2.05, 4.69) is 12.2 Å². The molecule has 3 N–H and O–H groups in total. The van der Waals surface area contributed by atoms with Crippen molar-refractivity contribution >= 4 is 6.09 Å². The van der Waals surface area contributed by atoms with Crippen LogP contribution in [0.25, 0.3) is 0 Å². The highest BCUT2D eigenvalue weighted by Crippen LogP contribution is 2.01. The predicted molar refractivity (Wildman–Crippen MR) is 75.2 cm³/mol. The molecule has 0 aromatic carbocycles. The van der Waals surface area contributed by atoms with Gasteiger partial charge in [0.25, 0.3) is 0 Å². The van der Waals surface area contributed by atoms with E-state index in [1.807, 2.05) is 13.8 Å². The molecule has 0 saturated carbocycles. The van der Waals surface area contributed by atoms with Gasteiger partial charge >= 0.3 is 6.09 Å². The molecular weight excluding hydrogens is 216 g/mol. The fourth-order valence-corrected chi connectivity index (χ4v) is 1.19. The van der Waals surface area contributed by atoms with Crippen LogP contribution in [0, 0.1) is 0 Å². The Hall–Kier alpha value is -0.770. The van der Waals surface area contributed by atoms with E-state index in [0.717, 1.165) is 6.42 Å². The van der Waals surface area contributed by atoms with Crippen LogP contribution in [0.5, 0.6) is 0 Å². The van der Waals surface area contributed by atoms with E-state index in [1.165, 1.54) is 25.7 Å². The van der Waals surface area contributed by atoms with Crippen LogP contribution in [0.2, 0.25) is 0 Å². The molecule has 0 aliphatic rings. The summed E-state index contributed by atoms with van der Waals surface area (Å²) in [6.45, 7) is 9.02. The van der Waals surface area contributed by atoms with Crippen LogP contribution in [-0.2, 0) is 4.74 Å². The maximum atomic E-state index is 11.1. The largest absolute Gasteiger partial charge is 0.445 e. The van der Waals surface area contributed by atoms with Crippen molar-refractivity contribution in [2.24, 2.45) is 5.73 Å². The average Bonchev–Trinajstić information content (AvgIpc) is 2.36. The van der Waals surface area contributed by atoms with Crippen molar-refractivity contribution in [3.63, 3.8) is 0 Å². The number of hydrogen-bond acceptors (Lipinski definition) is 3. The van der Waals surface area contributed by atoms with E-state index < -0.39 is 0 Å². The number of carbonyl (C=O) groups excluding carboxylic acids is 1. The second kappa shape index (κ2) is 15.2. The standard InChI is InChI=1S/C11H24N2O2.C2H6.H2/c1-3-4-5-6-7-8-13-11(14)15-10(2)9-12;1-2;/h10H,3-9,12H2,1-2H3,(H,13,14);1-2H3;1H. The molecule has 0 bridgehead atoms. The minimum Gasteiger partial charge on any atom is -0.445 e. The lowest BCUT2D eigenvalue weighted by atomic mass is 10.1. The molecule has 1 unspecified atom stereocenters. The smallest absolute Gasteiger partial charge is 0.407 e. The summed E-state index contributed by atoms with van der Waals surface area (Å²) in [6, 6.07) is 0. The maximum Gasteiger partial charge on any atom is 0.407 e. The van der Waals surface area contributed by atoms with Crippen LogP contribution >= 0.6 is 0 Å². The number of amides is 1. The van der Waals surface area contributed by atoms with Crippen LogP contribution in [0.1, 0.15) is 61.2 Å². The molecule has 0 aromatic rings. The van der Waals surface area contributed by atoms with Gasteiger partial charge in [-0.15, -0.1) is 0 Å². The van der Waals surface area contributed by atoms with Gasteiger partial charge in [0.1, 0.15) is 6.10 Å². The number of alkyl carbamates (subject to hydrolysis) is 1. The molecule has 1 amide bonds. The Morgan fingerprint density at radius 3 is 2.41 bits per heavy atom. The van der Waals surface area contributed by atoms with Crippen molar-refractivity contribution in [2.75, 3.05) is 13.1 Å². The molecule has 0 heterocycles. The van der Waals surface area contributed by atoms with Gasteiger partial charge in [-0.1, -0.05) is 46.5 Å². The SMILES string of the molecule is CC.CCCCCCCNC(=O)OC(C)CN.[HH]. The van der Waals surface area contributed by atoms with E-state index in [4.69, 9.17) is 10.5 Å². The molecule has 4 nitrogen and oxygen atoms in total. The van der Waals surface area contributed by atoms with Crippen molar-refractivity contribution in [2.45, 2.75) is 65.9 Å². The highest BCUT2D eigenvalue weighted by atomic mass is 16.6. The van der Waals surface area contributed by atoms with E-state index in [1.54, 1.807) is 6.92 Å². The summed E-state index contributed by atoms with van der Waals surface area (Å²) in [5.74, 6) is 0. The number of nitrogens with two attached hydrogens (primary N) is 1. The predicted octanol–water partition coefficient (Wildman–Crippen LogP) is 3.30. The summed E-state index contributed by atoms with van der Waals surface area (Å²) in [5.41, 5.74) is 5.33. The highest BCUT2D eigenvalue weighted by molar-refractivity contribution is 5.67. The van der Waals surface area contributed by atoms with Gasteiger partial charge in [0.15, 0.2) is 0 Å². The van der Waals surface area contributed by atoms with Crippen molar-refractivity contribution in [1.82, 2.24) is 5.32 Å². The summed E-state index contributed by atoms with van der Waals surface area (Å²) in [4.78, 5) is 11.1. The number of hydrogen-bond donors (Lipinski definition) is 2. The monoisotopic (exact) mass is 248 g/mol. The maximum absolute atomic E-state index is 11.1. The van der Waals surface area contributed by atoms with E-state index in [9.17, 15) is 4.79 Å². The first kappa shape index (κ1) is 18.6. The van der Waals surface area contributed by atoms with Crippen molar-refractivity contribution in [3.8, 4) is 0 Å². The Morgan fingerprint density at radius 1 is 1.29 bits per heavy atom. The molecule has 0 aromatic heterocycles. The zero-order valence-electron chi connectivity index (χ0n) is 11.9. The van der Waals surface area contributed by atoms with Crippen LogP contribution < -0.4 is 11.1 Å². The van der Waals surface area contributed by atoms with E-state index in [-0.39, 0.29) is 13.6 Å². The third kappa shape index (κ3) is 15.2. The topological polar surface area (TPSA) is 64.3 Å². The average molecular weight is 248 g/mol. The number of rotatable bonds is 8. The molecule has 0 radical (unpaired) electrons. The molecule has 0 rings (SSSR count). The fraction of sp³-hybridized carbons (Fsp3) is 0.923. The van der Waals surface area contributed by atoms with E-state index >= 15 is 0 Å². The molecule has 0 aliphatic heterocycles. The van der Waals surface area contributed by atoms with Crippen LogP contribution in [0.15, 0.2) is 0 Å². The summed E-state index contributed by atoms with van der Waals surface area (Å²) in [5, 5.41) is 2.71. The van der Waals surface area contributed by atoms with Crippen LogP contribution in [-0.4, -0.2) is 25.3 Å². The molecule has 17 heavy (non-hydrogen) atoms. The molecule has 0 saturated heterocycles. The van der Waals surface area contributed by atoms with Gasteiger partial charge in [-0.3, -0.25) is 0 Å². The lowest BCUT2D eigenvalue weighted by Gasteiger charge is -2.11. The Morgan fingerprint density at radius 2 is 1.88 bits per heavy atom. The number of carbonyl (C=O) groups is 1. The Bertz CT molecular complexity index is 169. The van der Waals surface area contributed by atoms with Crippen molar-refractivity contribution in [1.29, 1.82) is 0 Å². The molecule has 0 aliphatic carbocycles. The number of ether oxygens (including phenoxy) is 1. The zero-order chi connectivity index (χ0) is 13.5. The lowest BCUT2D eigenvalue weighted by molar-refractivity contribution is 0.110. The quantitative estimate of drug-likeness (QED) is 0.648. The molecule has 4 heteroatoms. The molecular formula is C13H32N2O2. The van der Waals surface area contributed by atoms with Gasteiger partial charge in [-0.05, 0) is 13.3 Å². The second-order valence-electron chi connectivity index (χ2n) is 3.79. The molecule has 1 atom stereocenters. The first-order chi connectivity index (χ1) is 8.20. The fourth-order valence-electron chi connectivity index (χ4n) is 1.19. The van der Waals surface area contributed by atoms with Gasteiger partial charge in [-0.2, -0.15) is 0 Å². The summed E-state index contributed by atoms with van der Waals surface area (Å²) in [7, 11) is 0. The third-order valence-electron chi connectivity index (χ3n) is 2.19. The summed E-state index contributed by atoms with van der Waals surface area (Å²) >= 11 is 0. The van der Waals surface area contributed by atoms with Gasteiger partial charge in [0.2, 0.25) is 0 Å². The van der Waals surface area contributed by atoms with Gasteiger partial charge in [0, 0.05) is 14.5 Å². The van der Waals surface area contributed by atoms with Gasteiger partial charge in [0.05, 0.1) is 0 Å². The molecule has 0 fully saturated rings. The van der Waals surface area contributed by atoms with Crippen molar-refractivity contribution < 1.29 is 11.0 Å². The van der Waals surface area contributed by atoms with Crippen molar-refractivity contribution in [3.05, 3.63) is 0 Å². The Labute approximate surface area is 108 Å². The van der Waals surface area contributed by atoms with Gasteiger partial charge < -0.3 is 15.8 Å². The Kier molecular flexibility index (Phi) is 16.7. The zero-order valence-corrected chi connectivity index (χ0v) is 11.9. The first-order valence-corrected chi connectivity index (χ1v) is 6.85. The van der Waals surface area contributed by atoms with Crippen LogP contribution in [0.4, 0.5) is 4.79 Å². The number of nitrogens with one attached hydrogen (secondary N) is 1. The Balaban J connectivity index is -0.000000709. The summed E-state index contributed by atoms with van der Waals surface area (Å²) < 4.78 is 4.95. The molecule has 106 valence electrons. The van der Waals surface area contributed by atoms with Gasteiger partial charge in [-0.25, -0.2) is 4.79 Å². The third-order valence-corrected chi connectivity index (χ3v) is 2.19. The van der Waals surface area contributed by atoms with Crippen LogP contribution in [0.3, 0.4) is 0 Å². The minimum atomic E-state index is -0.358. The second-order valence-corrected chi connectivity index (χ2v) is 3.79. The molecule has 0 spiro atoms. The lowest BCUT2D eigenvalue weighted by Crippen LogP contribution is -2.31. The summed E-state index contributed by atoms with van der Waals surface area (Å²) in [6.07, 6.45) is 5.38. The minimum absolute atomic E-state index is 0. The first-order valence-electron chi connectivity index (χ1n) is 6.85. The highest BCUT2D eigenvalue weighted by Gasteiger charge is 2.05.